The third kappa shape index (κ3) is 30.6. The zero-order valence-corrected chi connectivity index (χ0v) is 87.1. The minimum atomic E-state index is -5.32. The fourth-order valence-corrected chi connectivity index (χ4v) is 36.6. The average Bonchev–Trinajstić information content (AvgIpc) is 0.778. The lowest BCUT2D eigenvalue weighted by molar-refractivity contribution is -0.118. The van der Waals surface area contributed by atoms with Gasteiger partial charge in [-0.1, -0.05) is 249 Å². The quantitative estimate of drug-likeness (QED) is 0.0483. The topological polar surface area (TPSA) is 222 Å². The fourth-order valence-electron chi connectivity index (χ4n) is 19.1. The molecule has 6 aromatic rings. The van der Waals surface area contributed by atoms with Crippen LogP contribution in [0.3, 0.4) is 0 Å². The lowest BCUT2D eigenvalue weighted by Gasteiger charge is -2.34. The number of halogens is 3. The van der Waals surface area contributed by atoms with Crippen molar-refractivity contribution in [2.45, 2.75) is 235 Å². The second-order valence-corrected chi connectivity index (χ2v) is 57.9. The number of ether oxygens (including phenoxy) is 3. The molecule has 2 saturated carbocycles. The number of hydrogen-bond acceptors (Lipinski definition) is 14. The number of aryl methyl sites for hydroxylation is 4. The van der Waals surface area contributed by atoms with Crippen molar-refractivity contribution in [2.24, 2.45) is 10.8 Å². The van der Waals surface area contributed by atoms with Gasteiger partial charge in [0, 0.05) is 105 Å². The number of hydrogen-bond donors (Lipinski definition) is 0. The Morgan fingerprint density at radius 2 is 0.841 bits per heavy atom. The summed E-state index contributed by atoms with van der Waals surface area (Å²) in [6.45, 7) is 32.4. The van der Waals surface area contributed by atoms with Gasteiger partial charge >= 0.3 is 15.5 Å². The first-order valence-corrected chi connectivity index (χ1v) is 60.5. The van der Waals surface area contributed by atoms with E-state index < -0.39 is 41.2 Å². The molecule has 15 rings (SSSR count). The maximum absolute atomic E-state index is 13.5. The molecule has 8 fully saturated rings. The van der Waals surface area contributed by atoms with Crippen molar-refractivity contribution in [3.05, 3.63) is 212 Å². The van der Waals surface area contributed by atoms with Crippen molar-refractivity contribution in [3.63, 3.8) is 0 Å². The molecule has 0 N–H and O–H groups in total. The van der Waals surface area contributed by atoms with Gasteiger partial charge in [-0.2, -0.15) is 21.8 Å². The van der Waals surface area contributed by atoms with E-state index >= 15 is 0 Å². The van der Waals surface area contributed by atoms with Gasteiger partial charge in [-0.3, -0.25) is 33.6 Å². The molecule has 0 bridgehead atoms. The summed E-state index contributed by atoms with van der Waals surface area (Å²) in [6.07, 6.45) is 18.4. The standard InChI is InChI=1S/C23H33F3NO3S2.C20H27O2S.C17H25O2S.C15H22NO3S2.C15H19O2S.C15H21O2S/c1-22(2,3)21(31-15-13-27(14-16-31)32(29,30)23(24,25)26)20(28)19-11-9-18(10-12-19)17-7-5-4-6-8-17;1-15(23-13-11-19(21)12-14-23)20(22)18-9-7-17(8-10-18)16-5-3-2-4-6-16;1-13-5-7-14(8-6-13)15(18)16(17(2,3)4)20-11-9-19-10-12-20;1-15(2,14(17)13-7-5-4-6-8-13)20-11-9-16(10-12-20)21(3,18)19;1-11-2-4-13-12(10-11)3-5-14(15(13)16)18-8-6-17-7-9-18;1-3-14(18-10-8-17-9-11-18)15(16)13-6-4-12(2)5-7-13/h9-12,17,21H,4-8,13-16H2,1-3H3;7-10,15-16H,2-6,11-14H2,1H3;5-8,16H,9-12H2,1-4H3;4-8H,9-12H2,1-3H3;2,4,10,14H,3,5-9H2,1H3;4-7,14H,3,8-11H2,1-2H3/q6*+1. The molecule has 6 saturated heterocycles. The van der Waals surface area contributed by atoms with E-state index in [2.05, 4.69) is 72.7 Å². The molecule has 9 aliphatic rings. The summed E-state index contributed by atoms with van der Waals surface area (Å²) in [5, 5.41) is 0.261. The Morgan fingerprint density at radius 1 is 0.439 bits per heavy atom. The van der Waals surface area contributed by atoms with Crippen LogP contribution in [-0.4, -0.2) is 244 Å². The van der Waals surface area contributed by atoms with Gasteiger partial charge in [0.25, 0.3) is 0 Å². The molecule has 0 radical (unpaired) electrons. The van der Waals surface area contributed by atoms with E-state index in [0.717, 1.165) is 144 Å². The van der Waals surface area contributed by atoms with E-state index in [1.807, 2.05) is 163 Å². The minimum Gasteiger partial charge on any atom is -0.372 e. The maximum atomic E-state index is 13.5. The van der Waals surface area contributed by atoms with Gasteiger partial charge in [-0.15, -0.1) is 0 Å². The van der Waals surface area contributed by atoms with Crippen LogP contribution in [0.15, 0.2) is 146 Å². The Balaban J connectivity index is 0.000000166. The highest BCUT2D eigenvalue weighted by molar-refractivity contribution is 8.00. The first-order chi connectivity index (χ1) is 62.6. The molecule has 6 aromatic carbocycles. The van der Waals surface area contributed by atoms with Crippen molar-refractivity contribution in [1.82, 2.24) is 8.61 Å². The summed E-state index contributed by atoms with van der Waals surface area (Å²) in [7, 11) is -8.35. The second kappa shape index (κ2) is 50.4. The number of ketones is 7. The molecule has 16 nitrogen and oxygen atoms in total. The summed E-state index contributed by atoms with van der Waals surface area (Å²) < 4.78 is 103. The molecule has 6 heterocycles. The van der Waals surface area contributed by atoms with Crippen molar-refractivity contribution >= 4 is 126 Å². The number of benzene rings is 6. The first kappa shape index (κ1) is 109. The minimum absolute atomic E-state index is 0.00240. The van der Waals surface area contributed by atoms with Crippen LogP contribution >= 0.6 is 0 Å². The van der Waals surface area contributed by atoms with Crippen LogP contribution in [0.2, 0.25) is 0 Å². The van der Waals surface area contributed by atoms with Gasteiger partial charge in [0.1, 0.15) is 74.8 Å². The van der Waals surface area contributed by atoms with Gasteiger partial charge in [-0.05, 0) is 119 Å². The van der Waals surface area contributed by atoms with Crippen LogP contribution in [0, 0.1) is 31.6 Å². The predicted molar refractivity (Wildman–Crippen MR) is 549 cm³/mol. The molecule has 5 unspecified atom stereocenters. The molecule has 724 valence electrons. The van der Waals surface area contributed by atoms with Crippen LogP contribution in [-0.2, 0) is 111 Å². The van der Waals surface area contributed by atoms with E-state index in [-0.39, 0.29) is 133 Å². The zero-order chi connectivity index (χ0) is 95.9. The smallest absolute Gasteiger partial charge is 0.372 e. The Labute approximate surface area is 804 Å². The van der Waals surface area contributed by atoms with Crippen molar-refractivity contribution in [2.75, 3.05) is 141 Å². The van der Waals surface area contributed by atoms with Crippen molar-refractivity contribution in [3.8, 4) is 0 Å². The van der Waals surface area contributed by atoms with Crippen LogP contribution in [0.5, 0.6) is 0 Å². The number of Topliss-reactive ketones (excluding diaryl/α,β-unsaturated/α-hetero) is 7. The number of carbonyl (C=O) groups is 7. The number of fused-ring (bicyclic) bond motifs is 1. The van der Waals surface area contributed by atoms with Crippen LogP contribution in [0.1, 0.15) is 266 Å². The third-order valence-electron chi connectivity index (χ3n) is 26.8. The van der Waals surface area contributed by atoms with E-state index in [1.165, 1.54) is 108 Å². The molecular weight excluding hydrogens is 1830 g/mol. The van der Waals surface area contributed by atoms with Gasteiger partial charge in [-0.25, -0.2) is 16.8 Å². The zero-order valence-electron chi connectivity index (χ0n) is 80.6. The van der Waals surface area contributed by atoms with Gasteiger partial charge in [0.2, 0.25) is 44.7 Å². The van der Waals surface area contributed by atoms with Gasteiger partial charge < -0.3 is 14.2 Å². The lowest BCUT2D eigenvalue weighted by atomic mass is 9.83. The van der Waals surface area contributed by atoms with Crippen LogP contribution in [0.4, 0.5) is 13.2 Å². The van der Waals surface area contributed by atoms with Crippen molar-refractivity contribution < 1.29 is 77.8 Å². The first-order valence-electron chi connectivity index (χ1n) is 47.6. The van der Waals surface area contributed by atoms with Crippen LogP contribution < -0.4 is 0 Å². The number of carbonyl (C=O) groups excluding carboxylic acids is 7. The largest absolute Gasteiger partial charge is 0.511 e. The molecule has 5 atom stereocenters. The normalized spacial score (nSPS) is 20.8. The van der Waals surface area contributed by atoms with Crippen molar-refractivity contribution in [1.29, 1.82) is 0 Å². The molecule has 3 aliphatic carbocycles. The Kier molecular flexibility index (Phi) is 41.5. The molecular formula is C105H147F3N2O14S8+6. The Hall–Kier alpha value is -5.40. The fraction of sp³-hybridized carbons (Fsp3) is 0.590. The van der Waals surface area contributed by atoms with Gasteiger partial charge in [0.15, 0.2) is 31.0 Å². The average molecular weight is 1970 g/mol. The summed E-state index contributed by atoms with van der Waals surface area (Å²) in [5.41, 5.74) is 6.83. The van der Waals surface area contributed by atoms with E-state index in [9.17, 15) is 63.6 Å². The molecule has 0 spiro atoms. The van der Waals surface area contributed by atoms with Crippen LogP contribution in [0.25, 0.3) is 0 Å². The van der Waals surface area contributed by atoms with E-state index in [0.29, 0.717) is 70.8 Å². The predicted octanol–water partition coefficient (Wildman–Crippen LogP) is 18.9. The highest BCUT2D eigenvalue weighted by atomic mass is 32.2. The highest BCUT2D eigenvalue weighted by Crippen LogP contribution is 2.40. The lowest BCUT2D eigenvalue weighted by Crippen LogP contribution is -2.54. The number of nitrogens with zero attached hydrogens (tertiary/aromatic N) is 2. The molecule has 0 aromatic heterocycles. The monoisotopic (exact) mass is 1970 g/mol. The summed E-state index contributed by atoms with van der Waals surface area (Å²) >= 11 is 0. The third-order valence-corrected chi connectivity index (χ3v) is 46.7. The Morgan fingerprint density at radius 3 is 1.27 bits per heavy atom. The molecule has 6 aliphatic heterocycles. The van der Waals surface area contributed by atoms with E-state index in [1.54, 1.807) is 0 Å². The molecule has 132 heavy (non-hydrogen) atoms. The second-order valence-electron chi connectivity index (χ2n) is 38.9. The molecule has 0 amide bonds. The maximum Gasteiger partial charge on any atom is 0.511 e. The Bertz CT molecular complexity index is 4940. The molecule has 27 heteroatoms. The summed E-state index contributed by atoms with van der Waals surface area (Å²) in [4.78, 5) is 88.5. The number of sulfonamides is 2. The van der Waals surface area contributed by atoms with Gasteiger partial charge in [0.05, 0.1) is 84.9 Å². The van der Waals surface area contributed by atoms with E-state index in [4.69, 9.17) is 14.2 Å². The summed E-state index contributed by atoms with van der Waals surface area (Å²) in [5.74, 6) is 13.2. The highest BCUT2D eigenvalue weighted by Gasteiger charge is 2.55. The number of rotatable bonds is 21. The number of alkyl halides is 3. The SMILES string of the molecule is CC(C(=O)c1ccc(C2CCCCC2)cc1)[S+]1CCC(=O)CC1.CC(C)(C(=O)c1ccccc1)[S+]1CCN(S(C)(=O)=O)CC1.CC(C)(C)C(C(=O)c1ccc(C2CCCCC2)cc1)[S+]1CCN(S(=O)(=O)C(F)(F)F)CC1.CCC(C(=O)c1ccc(C)cc1)[S+]1CCOCC1.Cc1ccc(C(=O)C([S+]2CCOCC2)C(C)(C)C)cc1.Cc1ccc2c(c1)CCC([S+]1CCOCC1)C2=O. The summed E-state index contributed by atoms with van der Waals surface area (Å²) in [6, 6.07) is 47.8.